The second-order valence-electron chi connectivity index (χ2n) is 20.3. The molecule has 0 radical (unpaired) electrons. The third-order valence-electron chi connectivity index (χ3n) is 16.1. The van der Waals surface area contributed by atoms with Gasteiger partial charge >= 0.3 is 0 Å². The molecule has 0 saturated heterocycles. The SMILES string of the molecule is c1ccc(C2(c3ccccc3)c3ccccc3-c3ccc(-c4cccc(N(c5ccc(-c6cccc(-c7ccc8ccccc8c7)c6)cc5)c5ccc(-c6cccc7ccccc67)c6sc7ccccc7c56)c4)cc32)cc1. The first-order chi connectivity index (χ1) is 38.2. The van der Waals surface area contributed by atoms with Crippen molar-refractivity contribution in [3.8, 4) is 55.6 Å². The Morgan fingerprint density at radius 2 is 0.831 bits per heavy atom. The van der Waals surface area contributed by atoms with Crippen molar-refractivity contribution in [2.45, 2.75) is 5.41 Å². The van der Waals surface area contributed by atoms with Crippen LogP contribution in [-0.2, 0) is 5.41 Å². The van der Waals surface area contributed by atoms with Crippen LogP contribution in [0.3, 0.4) is 0 Å². The number of hydrogen-bond acceptors (Lipinski definition) is 2. The van der Waals surface area contributed by atoms with E-state index in [1.165, 1.54) is 114 Å². The third-order valence-corrected chi connectivity index (χ3v) is 17.3. The summed E-state index contributed by atoms with van der Waals surface area (Å²) in [4.78, 5) is 2.49. The number of fused-ring (bicyclic) bond motifs is 8. The molecular formula is C75H49NS. The van der Waals surface area contributed by atoms with Gasteiger partial charge in [0.05, 0.1) is 11.1 Å². The summed E-state index contributed by atoms with van der Waals surface area (Å²) in [5.41, 5.74) is 20.1. The van der Waals surface area contributed by atoms with Crippen LogP contribution in [0, 0.1) is 0 Å². The number of nitrogens with zero attached hydrogens (tertiary/aromatic N) is 1. The largest absolute Gasteiger partial charge is 0.310 e. The molecule has 13 aromatic carbocycles. The molecule has 2 heteroatoms. The molecule has 0 atom stereocenters. The number of thiophene rings is 1. The number of anilines is 3. The molecule has 0 bridgehead atoms. The molecule has 15 rings (SSSR count). The summed E-state index contributed by atoms with van der Waals surface area (Å²) in [6.07, 6.45) is 0. The van der Waals surface area contributed by atoms with Crippen molar-refractivity contribution in [2.75, 3.05) is 4.90 Å². The van der Waals surface area contributed by atoms with Crippen LogP contribution < -0.4 is 4.90 Å². The zero-order chi connectivity index (χ0) is 50.9. The minimum absolute atomic E-state index is 0.498. The summed E-state index contributed by atoms with van der Waals surface area (Å²) in [7, 11) is 0. The average molecular weight is 996 g/mol. The molecule has 0 unspecified atom stereocenters. The Morgan fingerprint density at radius 3 is 1.64 bits per heavy atom. The second kappa shape index (κ2) is 18.4. The Kier molecular flexibility index (Phi) is 10.7. The average Bonchev–Trinajstić information content (AvgIpc) is 4.22. The van der Waals surface area contributed by atoms with Gasteiger partial charge in [-0.2, -0.15) is 0 Å². The van der Waals surface area contributed by atoms with Crippen LogP contribution in [0.1, 0.15) is 22.3 Å². The fourth-order valence-electron chi connectivity index (χ4n) is 12.6. The van der Waals surface area contributed by atoms with Crippen LogP contribution in [0.2, 0.25) is 0 Å². The van der Waals surface area contributed by atoms with Gasteiger partial charge in [0.1, 0.15) is 0 Å². The van der Waals surface area contributed by atoms with E-state index >= 15 is 0 Å². The first-order valence-corrected chi connectivity index (χ1v) is 27.4. The van der Waals surface area contributed by atoms with Gasteiger partial charge in [-0.3, -0.25) is 0 Å². The maximum Gasteiger partial charge on any atom is 0.0713 e. The fraction of sp³-hybridized carbons (Fsp3) is 0.0133. The van der Waals surface area contributed by atoms with Crippen LogP contribution in [0.4, 0.5) is 17.1 Å². The zero-order valence-corrected chi connectivity index (χ0v) is 43.0. The standard InChI is InChI=1S/C75H49NS/c1-3-25-59(26-4-1)75(60-27-5-2-6-28-60)69-34-13-11-31-65(69)66-43-40-58(49-70(66)75)56-24-16-29-62(48-56)76(61-41-38-51(39-42-61)54-22-15-23-55(46-54)57-37-36-50-18-7-8-20-53(50)47-57)71-45-44-67(64-33-17-21-52-19-9-10-30-63(52)64)74-73(71)68-32-12-14-35-72(68)77-74/h1-49H. The highest BCUT2D eigenvalue weighted by atomic mass is 32.1. The summed E-state index contributed by atoms with van der Waals surface area (Å²) in [6, 6.07) is 110. The predicted octanol–water partition coefficient (Wildman–Crippen LogP) is 20.9. The zero-order valence-electron chi connectivity index (χ0n) is 42.1. The third kappa shape index (κ3) is 7.36. The van der Waals surface area contributed by atoms with E-state index in [4.69, 9.17) is 0 Å². The van der Waals surface area contributed by atoms with Crippen molar-refractivity contribution in [3.05, 3.63) is 320 Å². The van der Waals surface area contributed by atoms with Crippen LogP contribution in [0.15, 0.2) is 297 Å². The minimum atomic E-state index is -0.498. The van der Waals surface area contributed by atoms with Crippen LogP contribution in [0.5, 0.6) is 0 Å². The summed E-state index contributed by atoms with van der Waals surface area (Å²) in [5, 5.41) is 7.50. The molecule has 1 aromatic heterocycles. The molecule has 0 fully saturated rings. The van der Waals surface area contributed by atoms with Crippen molar-refractivity contribution >= 4 is 70.1 Å². The van der Waals surface area contributed by atoms with E-state index in [0.29, 0.717) is 0 Å². The molecule has 77 heavy (non-hydrogen) atoms. The first kappa shape index (κ1) is 44.8. The van der Waals surface area contributed by atoms with E-state index < -0.39 is 5.41 Å². The van der Waals surface area contributed by atoms with Gasteiger partial charge in [0.2, 0.25) is 0 Å². The highest BCUT2D eigenvalue weighted by molar-refractivity contribution is 7.26. The van der Waals surface area contributed by atoms with E-state index in [1.54, 1.807) is 0 Å². The van der Waals surface area contributed by atoms with E-state index in [0.717, 1.165) is 22.6 Å². The monoisotopic (exact) mass is 995 g/mol. The molecule has 0 spiro atoms. The summed E-state index contributed by atoms with van der Waals surface area (Å²) in [6.45, 7) is 0. The maximum absolute atomic E-state index is 2.49. The smallest absolute Gasteiger partial charge is 0.0713 e. The molecule has 1 nitrogen and oxygen atoms in total. The molecule has 1 heterocycles. The number of rotatable bonds is 9. The van der Waals surface area contributed by atoms with Crippen molar-refractivity contribution in [2.24, 2.45) is 0 Å². The lowest BCUT2D eigenvalue weighted by Crippen LogP contribution is -2.28. The summed E-state index contributed by atoms with van der Waals surface area (Å²) >= 11 is 1.89. The van der Waals surface area contributed by atoms with Crippen molar-refractivity contribution in [3.63, 3.8) is 0 Å². The van der Waals surface area contributed by atoms with Gasteiger partial charge in [0.15, 0.2) is 0 Å². The molecule has 0 N–H and O–H groups in total. The van der Waals surface area contributed by atoms with E-state index in [1.807, 2.05) is 11.3 Å². The summed E-state index contributed by atoms with van der Waals surface area (Å²) in [5.74, 6) is 0. The molecule has 0 aliphatic heterocycles. The maximum atomic E-state index is 2.49. The normalized spacial score (nSPS) is 12.5. The van der Waals surface area contributed by atoms with Gasteiger partial charge in [-0.1, -0.05) is 243 Å². The molecule has 1 aliphatic carbocycles. The van der Waals surface area contributed by atoms with Gasteiger partial charge in [-0.15, -0.1) is 11.3 Å². The lowest BCUT2D eigenvalue weighted by molar-refractivity contribution is 0.769. The predicted molar refractivity (Wildman–Crippen MR) is 328 cm³/mol. The van der Waals surface area contributed by atoms with Crippen molar-refractivity contribution in [1.82, 2.24) is 0 Å². The lowest BCUT2D eigenvalue weighted by Gasteiger charge is -2.34. The second-order valence-corrected chi connectivity index (χ2v) is 21.4. The van der Waals surface area contributed by atoms with Gasteiger partial charge in [0.25, 0.3) is 0 Å². The highest BCUT2D eigenvalue weighted by Crippen LogP contribution is 2.57. The number of hydrogen-bond donors (Lipinski definition) is 0. The highest BCUT2D eigenvalue weighted by Gasteiger charge is 2.46. The lowest BCUT2D eigenvalue weighted by atomic mass is 9.67. The Morgan fingerprint density at radius 1 is 0.286 bits per heavy atom. The van der Waals surface area contributed by atoms with Crippen LogP contribution in [0.25, 0.3) is 97.4 Å². The van der Waals surface area contributed by atoms with Gasteiger partial charge in [0, 0.05) is 37.1 Å². The topological polar surface area (TPSA) is 3.24 Å². The van der Waals surface area contributed by atoms with Crippen molar-refractivity contribution in [1.29, 1.82) is 0 Å². The fourth-order valence-corrected chi connectivity index (χ4v) is 13.8. The molecule has 360 valence electrons. The van der Waals surface area contributed by atoms with E-state index in [9.17, 15) is 0 Å². The molecule has 1 aliphatic rings. The van der Waals surface area contributed by atoms with Gasteiger partial charge < -0.3 is 4.90 Å². The van der Waals surface area contributed by atoms with E-state index in [-0.39, 0.29) is 0 Å². The number of benzene rings is 13. The van der Waals surface area contributed by atoms with Crippen LogP contribution >= 0.6 is 11.3 Å². The molecule has 14 aromatic rings. The quantitative estimate of drug-likeness (QED) is 0.139. The van der Waals surface area contributed by atoms with Crippen molar-refractivity contribution < 1.29 is 0 Å². The Hall–Kier alpha value is -9.60. The Labute approximate surface area is 452 Å². The molecule has 0 amide bonds. The van der Waals surface area contributed by atoms with Gasteiger partial charge in [-0.25, -0.2) is 0 Å². The van der Waals surface area contributed by atoms with Crippen LogP contribution in [-0.4, -0.2) is 0 Å². The Bertz CT molecular complexity index is 4520. The van der Waals surface area contributed by atoms with Gasteiger partial charge in [-0.05, 0) is 148 Å². The summed E-state index contributed by atoms with van der Waals surface area (Å²) < 4.78 is 2.55. The molecular weight excluding hydrogens is 947 g/mol. The Balaban J connectivity index is 0.912. The minimum Gasteiger partial charge on any atom is -0.310 e. The molecule has 0 saturated carbocycles. The van der Waals surface area contributed by atoms with E-state index in [2.05, 4.69) is 302 Å². The first-order valence-electron chi connectivity index (χ1n) is 26.6.